The van der Waals surface area contributed by atoms with Crippen LogP contribution < -0.4 is 0 Å². The highest BCUT2D eigenvalue weighted by Gasteiger charge is 1.61. The fourth-order valence-corrected chi connectivity index (χ4v) is 0.204. The molecular formula is C5H12O2. The maximum absolute atomic E-state index is 6.00. The van der Waals surface area contributed by atoms with Crippen LogP contribution in [0.3, 0.4) is 0 Å². The second-order valence-corrected chi connectivity index (χ2v) is 1.08. The number of hydrogen-bond acceptors (Lipinski definition) is 2. The first-order chi connectivity index (χ1) is 3.41. The van der Waals surface area contributed by atoms with Gasteiger partial charge in [-0.1, -0.05) is 19.4 Å². The second kappa shape index (κ2) is 17.4. The molecule has 0 saturated heterocycles. The van der Waals surface area contributed by atoms with E-state index in [-0.39, 0.29) is 0 Å². The average molecular weight is 104 g/mol. The number of hydrogen-bond donors (Lipinski definition) is 2. The molecule has 0 aromatic carbocycles. The standard InChI is InChI=1S/C5H10.H2O2/c1-3-5-4-2;1-2/h3H,1,4-5H2,2H3;1-2H. The van der Waals surface area contributed by atoms with Crippen molar-refractivity contribution in [2.24, 2.45) is 0 Å². The van der Waals surface area contributed by atoms with E-state index in [0.717, 1.165) is 6.42 Å². The molecule has 0 atom stereocenters. The summed E-state index contributed by atoms with van der Waals surface area (Å²) in [6, 6.07) is 0. The summed E-state index contributed by atoms with van der Waals surface area (Å²) in [5, 5.41) is 12.0. The maximum atomic E-state index is 6.00. The Morgan fingerprint density at radius 2 is 2.00 bits per heavy atom. The van der Waals surface area contributed by atoms with E-state index in [9.17, 15) is 0 Å². The lowest BCUT2D eigenvalue weighted by molar-refractivity contribution is -0.176. The number of rotatable bonds is 2. The summed E-state index contributed by atoms with van der Waals surface area (Å²) in [6.07, 6.45) is 4.31. The van der Waals surface area contributed by atoms with Gasteiger partial charge in [-0.25, -0.2) is 0 Å². The summed E-state index contributed by atoms with van der Waals surface area (Å²) in [7, 11) is 0. The van der Waals surface area contributed by atoms with Crippen LogP contribution in [-0.4, -0.2) is 10.5 Å². The number of allylic oxidation sites excluding steroid dienone is 1. The molecule has 2 nitrogen and oxygen atoms in total. The van der Waals surface area contributed by atoms with Crippen LogP contribution in [-0.2, 0) is 0 Å². The normalized spacial score (nSPS) is 6.14. The average Bonchev–Trinajstić information content (AvgIpc) is 1.75. The fraction of sp³-hybridized carbons (Fsp3) is 0.600. The lowest BCUT2D eigenvalue weighted by Gasteiger charge is -1.72. The van der Waals surface area contributed by atoms with E-state index in [1.54, 1.807) is 0 Å². The molecule has 0 aromatic rings. The molecule has 2 heteroatoms. The molecule has 0 aliphatic carbocycles. The molecule has 0 fully saturated rings. The minimum Gasteiger partial charge on any atom is -0.255 e. The van der Waals surface area contributed by atoms with Crippen LogP contribution in [0.2, 0.25) is 0 Å². The van der Waals surface area contributed by atoms with Crippen molar-refractivity contribution in [2.75, 3.05) is 0 Å². The number of unbranched alkanes of at least 4 members (excludes halogenated alkanes) is 1. The van der Waals surface area contributed by atoms with Crippen molar-refractivity contribution in [3.05, 3.63) is 12.7 Å². The van der Waals surface area contributed by atoms with Crippen molar-refractivity contribution in [3.63, 3.8) is 0 Å². The van der Waals surface area contributed by atoms with Gasteiger partial charge < -0.3 is 0 Å². The van der Waals surface area contributed by atoms with Gasteiger partial charge in [0.05, 0.1) is 0 Å². The van der Waals surface area contributed by atoms with Crippen molar-refractivity contribution in [2.45, 2.75) is 19.8 Å². The van der Waals surface area contributed by atoms with E-state index in [1.807, 2.05) is 6.08 Å². The molecule has 0 spiro atoms. The molecule has 7 heavy (non-hydrogen) atoms. The van der Waals surface area contributed by atoms with Crippen LogP contribution in [0.5, 0.6) is 0 Å². The Morgan fingerprint density at radius 1 is 1.57 bits per heavy atom. The molecule has 0 rings (SSSR count). The van der Waals surface area contributed by atoms with Crippen molar-refractivity contribution in [3.8, 4) is 0 Å². The Hall–Kier alpha value is -0.340. The minimum atomic E-state index is 1.15. The van der Waals surface area contributed by atoms with Crippen LogP contribution in [0.15, 0.2) is 12.7 Å². The van der Waals surface area contributed by atoms with Crippen LogP contribution in [0, 0.1) is 0 Å². The van der Waals surface area contributed by atoms with Gasteiger partial charge >= 0.3 is 0 Å². The van der Waals surface area contributed by atoms with E-state index in [4.69, 9.17) is 10.5 Å². The molecule has 0 saturated carbocycles. The molecule has 0 bridgehead atoms. The third-order valence-corrected chi connectivity index (χ3v) is 0.493. The zero-order chi connectivity index (χ0) is 6.12. The monoisotopic (exact) mass is 104 g/mol. The van der Waals surface area contributed by atoms with Crippen molar-refractivity contribution >= 4 is 0 Å². The molecule has 0 aliphatic heterocycles. The van der Waals surface area contributed by atoms with E-state index < -0.39 is 0 Å². The van der Waals surface area contributed by atoms with Gasteiger partial charge in [0.15, 0.2) is 0 Å². The van der Waals surface area contributed by atoms with E-state index in [2.05, 4.69) is 13.5 Å². The third-order valence-electron chi connectivity index (χ3n) is 0.493. The van der Waals surface area contributed by atoms with Gasteiger partial charge in [0, 0.05) is 0 Å². The first-order valence-electron chi connectivity index (χ1n) is 2.22. The quantitative estimate of drug-likeness (QED) is 0.319. The summed E-state index contributed by atoms with van der Waals surface area (Å²) >= 11 is 0. The Kier molecular flexibility index (Phi) is 24.4. The van der Waals surface area contributed by atoms with E-state index >= 15 is 0 Å². The Labute approximate surface area is 44.0 Å². The van der Waals surface area contributed by atoms with Crippen LogP contribution in [0.1, 0.15) is 19.8 Å². The van der Waals surface area contributed by atoms with Crippen LogP contribution in [0.25, 0.3) is 0 Å². The predicted octanol–water partition coefficient (Wildman–Crippen LogP) is 1.99. The molecule has 2 N–H and O–H groups in total. The Bertz CT molecular complexity index is 27.3. The van der Waals surface area contributed by atoms with Crippen LogP contribution >= 0.6 is 0 Å². The topological polar surface area (TPSA) is 40.5 Å². The summed E-state index contributed by atoms with van der Waals surface area (Å²) in [5.74, 6) is 0. The van der Waals surface area contributed by atoms with Gasteiger partial charge in [0.2, 0.25) is 0 Å². The van der Waals surface area contributed by atoms with E-state index in [1.165, 1.54) is 6.42 Å². The summed E-state index contributed by atoms with van der Waals surface area (Å²) in [4.78, 5) is 0. The van der Waals surface area contributed by atoms with Gasteiger partial charge in [0.1, 0.15) is 0 Å². The fourth-order valence-electron chi connectivity index (χ4n) is 0.204. The summed E-state index contributed by atoms with van der Waals surface area (Å²) in [5.41, 5.74) is 0. The highest BCUT2D eigenvalue weighted by atomic mass is 17.0. The van der Waals surface area contributed by atoms with Crippen molar-refractivity contribution in [1.82, 2.24) is 0 Å². The first kappa shape index (κ1) is 9.83. The Balaban J connectivity index is 0. The van der Waals surface area contributed by atoms with E-state index in [0.29, 0.717) is 0 Å². The maximum Gasteiger partial charge on any atom is -0.0356 e. The van der Waals surface area contributed by atoms with Crippen molar-refractivity contribution < 1.29 is 10.5 Å². The zero-order valence-corrected chi connectivity index (χ0v) is 4.59. The summed E-state index contributed by atoms with van der Waals surface area (Å²) in [6.45, 7) is 5.69. The zero-order valence-electron chi connectivity index (χ0n) is 4.59. The van der Waals surface area contributed by atoms with Gasteiger partial charge in [-0.05, 0) is 6.42 Å². The molecule has 0 unspecified atom stereocenters. The third kappa shape index (κ3) is 27.5. The SMILES string of the molecule is C=CCCC.OO. The molecule has 0 aliphatic rings. The molecule has 0 aromatic heterocycles. The molecular weight excluding hydrogens is 92.1 g/mol. The minimum absolute atomic E-state index is 1.15. The van der Waals surface area contributed by atoms with Gasteiger partial charge in [-0.2, -0.15) is 0 Å². The highest BCUT2D eigenvalue weighted by Crippen LogP contribution is 1.82. The highest BCUT2D eigenvalue weighted by molar-refractivity contribution is 4.63. The predicted molar refractivity (Wildman–Crippen MR) is 30.4 cm³/mol. The Morgan fingerprint density at radius 3 is 2.00 bits per heavy atom. The lowest BCUT2D eigenvalue weighted by atomic mass is 10.3. The smallest absolute Gasteiger partial charge is 0.0356 e. The molecule has 44 valence electrons. The van der Waals surface area contributed by atoms with Crippen LogP contribution in [0.4, 0.5) is 0 Å². The lowest BCUT2D eigenvalue weighted by Crippen LogP contribution is -1.52. The molecule has 0 amide bonds. The van der Waals surface area contributed by atoms with Crippen molar-refractivity contribution in [1.29, 1.82) is 0 Å². The van der Waals surface area contributed by atoms with Gasteiger partial charge in [-0.15, -0.1) is 6.58 Å². The largest absolute Gasteiger partial charge is 0.255 e. The molecule has 0 heterocycles. The molecule has 0 radical (unpaired) electrons. The first-order valence-corrected chi connectivity index (χ1v) is 2.22. The second-order valence-electron chi connectivity index (χ2n) is 1.08. The summed E-state index contributed by atoms with van der Waals surface area (Å²) < 4.78 is 0. The van der Waals surface area contributed by atoms with Gasteiger partial charge in [-0.3, -0.25) is 10.5 Å². The van der Waals surface area contributed by atoms with Gasteiger partial charge in [0.25, 0.3) is 0 Å².